The van der Waals surface area contributed by atoms with Gasteiger partial charge in [-0.3, -0.25) is 0 Å². The molecule has 20 heavy (non-hydrogen) atoms. The molecule has 2 aliphatic rings. The van der Waals surface area contributed by atoms with Crippen molar-refractivity contribution in [2.75, 3.05) is 18.1 Å². The Morgan fingerprint density at radius 2 is 2.15 bits per heavy atom. The molecule has 2 saturated heterocycles. The minimum Gasteiger partial charge on any atom is -0.487 e. The zero-order valence-corrected chi connectivity index (χ0v) is 13.6. The van der Waals surface area contributed by atoms with Crippen LogP contribution in [-0.4, -0.2) is 29.8 Å². The monoisotopic (exact) mass is 360 g/mol. The van der Waals surface area contributed by atoms with Crippen LogP contribution in [0.4, 0.5) is 4.39 Å². The fourth-order valence-electron chi connectivity index (χ4n) is 2.92. The Morgan fingerprint density at radius 1 is 1.35 bits per heavy atom. The Bertz CT molecular complexity index is 471. The molecular weight excluding hydrogens is 343 g/mol. The van der Waals surface area contributed by atoms with Gasteiger partial charge in [0.25, 0.3) is 0 Å². The van der Waals surface area contributed by atoms with E-state index in [2.05, 4.69) is 15.9 Å². The van der Waals surface area contributed by atoms with Crippen LogP contribution in [0.15, 0.2) is 22.7 Å². The lowest BCUT2D eigenvalue weighted by molar-refractivity contribution is -0.116. The molecule has 0 amide bonds. The largest absolute Gasteiger partial charge is 0.487 e. The van der Waals surface area contributed by atoms with Crippen molar-refractivity contribution in [2.24, 2.45) is 0 Å². The van der Waals surface area contributed by atoms with Gasteiger partial charge in [0, 0.05) is 17.3 Å². The third kappa shape index (κ3) is 3.31. The highest BCUT2D eigenvalue weighted by molar-refractivity contribution is 9.10. The predicted molar refractivity (Wildman–Crippen MR) is 83.0 cm³/mol. The standard InChI is InChI=1S/C15H18BrFO2S/c16-11-1-2-13(17)14(9-11)19-12-3-6-18-15(10-12)4-7-20-8-5-15/h1-2,9,12H,3-8,10H2. The van der Waals surface area contributed by atoms with Crippen LogP contribution in [-0.2, 0) is 4.74 Å². The maximum atomic E-state index is 13.8. The fourth-order valence-corrected chi connectivity index (χ4v) is 4.50. The Kier molecular flexibility index (Phi) is 4.58. The molecule has 1 spiro atoms. The van der Waals surface area contributed by atoms with Crippen molar-refractivity contribution in [1.82, 2.24) is 0 Å². The fraction of sp³-hybridized carbons (Fsp3) is 0.600. The molecular formula is C15H18BrFO2S. The molecule has 2 heterocycles. The Labute approximate surface area is 131 Å². The molecule has 0 aromatic heterocycles. The van der Waals surface area contributed by atoms with Crippen molar-refractivity contribution >= 4 is 27.7 Å². The molecule has 1 unspecified atom stereocenters. The van der Waals surface area contributed by atoms with Gasteiger partial charge in [0.05, 0.1) is 12.2 Å². The molecule has 0 radical (unpaired) electrons. The van der Waals surface area contributed by atoms with E-state index in [1.54, 1.807) is 12.1 Å². The highest BCUT2D eigenvalue weighted by Gasteiger charge is 2.39. The lowest BCUT2D eigenvalue weighted by Crippen LogP contribution is -2.46. The van der Waals surface area contributed by atoms with E-state index in [-0.39, 0.29) is 17.5 Å². The summed E-state index contributed by atoms with van der Waals surface area (Å²) < 4.78 is 26.6. The van der Waals surface area contributed by atoms with E-state index in [0.717, 1.165) is 41.7 Å². The highest BCUT2D eigenvalue weighted by atomic mass is 79.9. The van der Waals surface area contributed by atoms with Gasteiger partial charge in [0.1, 0.15) is 6.10 Å². The molecule has 1 aromatic carbocycles. The number of hydrogen-bond acceptors (Lipinski definition) is 3. The average molecular weight is 361 g/mol. The summed E-state index contributed by atoms with van der Waals surface area (Å²) in [4.78, 5) is 0. The second-order valence-electron chi connectivity index (χ2n) is 5.45. The second kappa shape index (κ2) is 6.24. The van der Waals surface area contributed by atoms with E-state index in [1.807, 2.05) is 11.8 Å². The molecule has 5 heteroatoms. The van der Waals surface area contributed by atoms with E-state index in [9.17, 15) is 4.39 Å². The summed E-state index contributed by atoms with van der Waals surface area (Å²) in [5.41, 5.74) is -0.0311. The van der Waals surface area contributed by atoms with Crippen LogP contribution >= 0.6 is 27.7 Å². The first kappa shape index (κ1) is 14.7. The molecule has 0 aliphatic carbocycles. The molecule has 1 aromatic rings. The first-order valence-corrected chi connectivity index (χ1v) is 8.95. The maximum absolute atomic E-state index is 13.8. The van der Waals surface area contributed by atoms with Crippen LogP contribution in [0.2, 0.25) is 0 Å². The van der Waals surface area contributed by atoms with Gasteiger partial charge in [0.15, 0.2) is 11.6 Å². The number of benzene rings is 1. The average Bonchev–Trinajstić information content (AvgIpc) is 2.44. The van der Waals surface area contributed by atoms with Crippen LogP contribution in [0, 0.1) is 5.82 Å². The zero-order valence-electron chi connectivity index (χ0n) is 11.2. The van der Waals surface area contributed by atoms with Gasteiger partial charge in [-0.2, -0.15) is 11.8 Å². The van der Waals surface area contributed by atoms with Crippen molar-refractivity contribution in [3.8, 4) is 5.75 Å². The van der Waals surface area contributed by atoms with Crippen LogP contribution in [0.1, 0.15) is 25.7 Å². The van der Waals surface area contributed by atoms with Gasteiger partial charge in [-0.15, -0.1) is 0 Å². The first-order valence-electron chi connectivity index (χ1n) is 7.00. The molecule has 2 fully saturated rings. The van der Waals surface area contributed by atoms with E-state index in [0.29, 0.717) is 12.4 Å². The second-order valence-corrected chi connectivity index (χ2v) is 7.59. The normalized spacial score (nSPS) is 25.6. The molecule has 3 rings (SSSR count). The van der Waals surface area contributed by atoms with Crippen molar-refractivity contribution in [2.45, 2.75) is 37.4 Å². The molecule has 2 nitrogen and oxygen atoms in total. The third-order valence-corrected chi connectivity index (χ3v) is 5.52. The minimum atomic E-state index is -0.298. The van der Waals surface area contributed by atoms with Gasteiger partial charge in [-0.05, 0) is 42.5 Å². The molecule has 0 N–H and O–H groups in total. The quantitative estimate of drug-likeness (QED) is 0.777. The van der Waals surface area contributed by atoms with Crippen molar-refractivity contribution in [1.29, 1.82) is 0 Å². The van der Waals surface area contributed by atoms with E-state index < -0.39 is 0 Å². The van der Waals surface area contributed by atoms with Crippen molar-refractivity contribution in [3.05, 3.63) is 28.5 Å². The summed E-state index contributed by atoms with van der Waals surface area (Å²) in [6.45, 7) is 0.713. The SMILES string of the molecule is Fc1ccc(Br)cc1OC1CCOC2(CCSCC2)C1. The predicted octanol–water partition coefficient (Wildman–Crippen LogP) is 4.41. The summed E-state index contributed by atoms with van der Waals surface area (Å²) in [6.07, 6.45) is 3.92. The third-order valence-electron chi connectivity index (χ3n) is 4.04. The topological polar surface area (TPSA) is 18.5 Å². The molecule has 110 valence electrons. The highest BCUT2D eigenvalue weighted by Crippen LogP contribution is 2.39. The van der Waals surface area contributed by atoms with E-state index >= 15 is 0 Å². The summed E-state index contributed by atoms with van der Waals surface area (Å²) in [7, 11) is 0. The Balaban J connectivity index is 1.69. The summed E-state index contributed by atoms with van der Waals surface area (Å²) >= 11 is 5.34. The van der Waals surface area contributed by atoms with Crippen molar-refractivity contribution in [3.63, 3.8) is 0 Å². The molecule has 1 atom stereocenters. The number of rotatable bonds is 2. The lowest BCUT2D eigenvalue weighted by Gasteiger charge is -2.43. The Hall–Kier alpha value is -0.260. The summed E-state index contributed by atoms with van der Waals surface area (Å²) in [6, 6.07) is 4.83. The van der Waals surface area contributed by atoms with Gasteiger partial charge >= 0.3 is 0 Å². The molecule has 0 saturated carbocycles. The van der Waals surface area contributed by atoms with Gasteiger partial charge in [-0.1, -0.05) is 15.9 Å². The summed E-state index contributed by atoms with van der Waals surface area (Å²) in [5.74, 6) is 2.34. The Morgan fingerprint density at radius 3 is 2.95 bits per heavy atom. The van der Waals surface area contributed by atoms with Crippen LogP contribution < -0.4 is 4.74 Å². The van der Waals surface area contributed by atoms with Gasteiger partial charge in [0.2, 0.25) is 0 Å². The first-order chi connectivity index (χ1) is 9.67. The maximum Gasteiger partial charge on any atom is 0.165 e. The van der Waals surface area contributed by atoms with Gasteiger partial charge in [-0.25, -0.2) is 4.39 Å². The van der Waals surface area contributed by atoms with E-state index in [1.165, 1.54) is 6.07 Å². The van der Waals surface area contributed by atoms with Crippen LogP contribution in [0.25, 0.3) is 0 Å². The van der Waals surface area contributed by atoms with Crippen molar-refractivity contribution < 1.29 is 13.9 Å². The number of halogens is 2. The number of hydrogen-bond donors (Lipinski definition) is 0. The molecule has 2 aliphatic heterocycles. The van der Waals surface area contributed by atoms with Crippen LogP contribution in [0.5, 0.6) is 5.75 Å². The number of thioether (sulfide) groups is 1. The van der Waals surface area contributed by atoms with E-state index in [4.69, 9.17) is 9.47 Å². The smallest absolute Gasteiger partial charge is 0.165 e. The molecule has 0 bridgehead atoms. The zero-order chi connectivity index (χ0) is 14.0. The number of ether oxygens (including phenoxy) is 2. The minimum absolute atomic E-state index is 0.0311. The summed E-state index contributed by atoms with van der Waals surface area (Å²) in [5, 5.41) is 0. The van der Waals surface area contributed by atoms with Gasteiger partial charge < -0.3 is 9.47 Å². The van der Waals surface area contributed by atoms with Crippen LogP contribution in [0.3, 0.4) is 0 Å². The lowest BCUT2D eigenvalue weighted by atomic mass is 9.86.